The monoisotopic (exact) mass is 250 g/mol. The Kier molecular flexibility index (Phi) is 4.11. The van der Waals surface area contributed by atoms with Gasteiger partial charge in [-0.3, -0.25) is 0 Å². The van der Waals surface area contributed by atoms with Crippen LogP contribution < -0.4 is 5.73 Å². The molecule has 0 saturated heterocycles. The zero-order chi connectivity index (χ0) is 13.1. The number of nitrogens with two attached hydrogens (primary N) is 1. The summed E-state index contributed by atoms with van der Waals surface area (Å²) in [7, 11) is 1.68. The van der Waals surface area contributed by atoms with Crippen molar-refractivity contribution in [2.75, 3.05) is 12.8 Å². The fourth-order valence-electron chi connectivity index (χ4n) is 2.60. The van der Waals surface area contributed by atoms with Crippen molar-refractivity contribution in [3.63, 3.8) is 0 Å². The largest absolute Gasteiger partial charge is 0.373 e. The molecule has 1 aromatic rings. The fraction of sp³-hybridized carbons (Fsp3) is 0.769. The lowest BCUT2D eigenvalue weighted by atomic mass is 10.1. The molecule has 5 nitrogen and oxygen atoms in total. The van der Waals surface area contributed by atoms with Gasteiger partial charge in [0.15, 0.2) is 5.82 Å². The molecule has 0 radical (unpaired) electrons. The zero-order valence-corrected chi connectivity index (χ0v) is 11.4. The Labute approximate surface area is 108 Å². The van der Waals surface area contributed by atoms with Gasteiger partial charge in [0, 0.05) is 13.0 Å². The summed E-state index contributed by atoms with van der Waals surface area (Å²) < 4.78 is 5.46. The molecule has 1 aromatic heterocycles. The molecule has 1 heterocycles. The maximum absolute atomic E-state index is 5.80. The van der Waals surface area contributed by atoms with Gasteiger partial charge in [-0.05, 0) is 18.8 Å². The van der Waals surface area contributed by atoms with E-state index < -0.39 is 0 Å². The molecule has 2 N–H and O–H groups in total. The molecule has 0 aromatic carbocycles. The number of hydrogen-bond donors (Lipinski definition) is 1. The van der Waals surface area contributed by atoms with Gasteiger partial charge < -0.3 is 10.5 Å². The molecule has 2 rings (SSSR count). The minimum atomic E-state index is -0.115. The molecule has 1 saturated carbocycles. The van der Waals surface area contributed by atoms with E-state index in [1.807, 2.05) is 0 Å². The molecule has 18 heavy (non-hydrogen) atoms. The molecule has 0 bridgehead atoms. The second-order valence-corrected chi connectivity index (χ2v) is 5.29. The topological polar surface area (TPSA) is 73.9 Å². The Morgan fingerprint density at radius 3 is 2.39 bits per heavy atom. The second-order valence-electron chi connectivity index (χ2n) is 5.29. The summed E-state index contributed by atoms with van der Waals surface area (Å²) >= 11 is 0. The predicted molar refractivity (Wildman–Crippen MR) is 70.0 cm³/mol. The number of hydrogen-bond acceptors (Lipinski definition) is 5. The normalized spacial score (nSPS) is 18.4. The maximum atomic E-state index is 5.80. The summed E-state index contributed by atoms with van der Waals surface area (Å²) in [6.07, 6.45) is 4.70. The van der Waals surface area contributed by atoms with Crippen molar-refractivity contribution in [1.82, 2.24) is 15.0 Å². The van der Waals surface area contributed by atoms with E-state index in [4.69, 9.17) is 10.5 Å². The van der Waals surface area contributed by atoms with E-state index in [2.05, 4.69) is 28.8 Å². The van der Waals surface area contributed by atoms with Crippen molar-refractivity contribution in [1.29, 1.82) is 0 Å². The highest BCUT2D eigenvalue weighted by Crippen LogP contribution is 2.33. The van der Waals surface area contributed by atoms with Gasteiger partial charge in [0.25, 0.3) is 0 Å². The summed E-state index contributed by atoms with van der Waals surface area (Å²) in [6, 6.07) is 0. The van der Waals surface area contributed by atoms with Gasteiger partial charge >= 0.3 is 0 Å². The van der Waals surface area contributed by atoms with E-state index in [0.717, 1.165) is 18.7 Å². The van der Waals surface area contributed by atoms with Crippen LogP contribution in [0.25, 0.3) is 0 Å². The number of anilines is 1. The van der Waals surface area contributed by atoms with E-state index >= 15 is 0 Å². The van der Waals surface area contributed by atoms with Gasteiger partial charge in [0.2, 0.25) is 5.95 Å². The Morgan fingerprint density at radius 2 is 1.83 bits per heavy atom. The third-order valence-corrected chi connectivity index (χ3v) is 3.52. The van der Waals surface area contributed by atoms with Crippen LogP contribution in [0.2, 0.25) is 0 Å². The van der Waals surface area contributed by atoms with Crippen LogP contribution in [0.4, 0.5) is 5.95 Å². The van der Waals surface area contributed by atoms with Crippen molar-refractivity contribution in [3.05, 3.63) is 11.6 Å². The van der Waals surface area contributed by atoms with E-state index in [1.54, 1.807) is 7.11 Å². The molecule has 0 amide bonds. The van der Waals surface area contributed by atoms with Gasteiger partial charge in [-0.2, -0.15) is 9.97 Å². The van der Waals surface area contributed by atoms with Gasteiger partial charge in [-0.1, -0.05) is 26.7 Å². The van der Waals surface area contributed by atoms with E-state index in [-0.39, 0.29) is 6.10 Å². The molecule has 1 atom stereocenters. The lowest BCUT2D eigenvalue weighted by Gasteiger charge is -2.19. The second kappa shape index (κ2) is 5.61. The van der Waals surface area contributed by atoms with E-state index in [9.17, 15) is 0 Å². The highest BCUT2D eigenvalue weighted by atomic mass is 16.5. The summed E-state index contributed by atoms with van der Waals surface area (Å²) in [5.74, 6) is 2.58. The Bertz CT molecular complexity index is 402. The Balaban J connectivity index is 2.30. The molecule has 1 fully saturated rings. The Morgan fingerprint density at radius 1 is 1.17 bits per heavy atom. The number of rotatable bonds is 4. The fourth-order valence-corrected chi connectivity index (χ4v) is 2.60. The van der Waals surface area contributed by atoms with Crippen molar-refractivity contribution < 1.29 is 4.74 Å². The number of aromatic nitrogens is 3. The molecule has 1 unspecified atom stereocenters. The standard InChI is InChI=1S/C13H22N4O/c1-8(2)10(18-3)12-15-11(16-13(14)17-12)9-6-4-5-7-9/h8-10H,4-7H2,1-3H3,(H2,14,15,16,17). The maximum Gasteiger partial charge on any atom is 0.223 e. The third kappa shape index (κ3) is 2.77. The minimum Gasteiger partial charge on any atom is -0.373 e. The third-order valence-electron chi connectivity index (χ3n) is 3.52. The number of nitrogen functional groups attached to an aromatic ring is 1. The van der Waals surface area contributed by atoms with Gasteiger partial charge in [-0.25, -0.2) is 4.98 Å². The first-order chi connectivity index (χ1) is 8.61. The van der Waals surface area contributed by atoms with Crippen LogP contribution in [0.15, 0.2) is 0 Å². The van der Waals surface area contributed by atoms with E-state index in [1.165, 1.54) is 12.8 Å². The highest BCUT2D eigenvalue weighted by molar-refractivity contribution is 5.19. The van der Waals surface area contributed by atoms with Crippen LogP contribution in [0, 0.1) is 5.92 Å². The smallest absolute Gasteiger partial charge is 0.223 e. The molecular formula is C13H22N4O. The highest BCUT2D eigenvalue weighted by Gasteiger charge is 2.24. The Hall–Kier alpha value is -1.23. The van der Waals surface area contributed by atoms with Crippen LogP contribution in [-0.2, 0) is 4.74 Å². The van der Waals surface area contributed by atoms with Crippen LogP contribution >= 0.6 is 0 Å². The summed E-state index contributed by atoms with van der Waals surface area (Å²) in [6.45, 7) is 4.17. The lowest BCUT2D eigenvalue weighted by molar-refractivity contribution is 0.0571. The molecule has 1 aliphatic carbocycles. The van der Waals surface area contributed by atoms with Crippen LogP contribution in [0.1, 0.15) is 63.2 Å². The molecule has 1 aliphatic rings. The molecule has 100 valence electrons. The van der Waals surface area contributed by atoms with Gasteiger partial charge in [-0.15, -0.1) is 0 Å². The molecule has 5 heteroatoms. The predicted octanol–water partition coefficient (Wildman–Crippen LogP) is 2.45. The SMILES string of the molecule is COC(c1nc(N)nc(C2CCCC2)n1)C(C)C. The van der Waals surface area contributed by atoms with Gasteiger partial charge in [0.1, 0.15) is 11.9 Å². The number of nitrogens with zero attached hydrogens (tertiary/aromatic N) is 3. The summed E-state index contributed by atoms with van der Waals surface area (Å²) in [4.78, 5) is 13.1. The minimum absolute atomic E-state index is 0.115. The van der Waals surface area contributed by atoms with Crippen molar-refractivity contribution in [2.45, 2.75) is 51.6 Å². The van der Waals surface area contributed by atoms with Crippen LogP contribution in [-0.4, -0.2) is 22.1 Å². The molecule has 0 aliphatic heterocycles. The first-order valence-electron chi connectivity index (χ1n) is 6.66. The first-order valence-corrected chi connectivity index (χ1v) is 6.66. The number of ether oxygens (including phenoxy) is 1. The summed E-state index contributed by atoms with van der Waals surface area (Å²) in [5, 5.41) is 0. The number of methoxy groups -OCH3 is 1. The molecule has 0 spiro atoms. The van der Waals surface area contributed by atoms with Crippen molar-refractivity contribution in [2.24, 2.45) is 5.92 Å². The average molecular weight is 250 g/mol. The van der Waals surface area contributed by atoms with Gasteiger partial charge in [0.05, 0.1) is 0 Å². The zero-order valence-electron chi connectivity index (χ0n) is 11.4. The van der Waals surface area contributed by atoms with Crippen LogP contribution in [0.3, 0.4) is 0 Å². The van der Waals surface area contributed by atoms with E-state index in [0.29, 0.717) is 23.6 Å². The summed E-state index contributed by atoms with van der Waals surface area (Å²) in [5.41, 5.74) is 5.80. The lowest BCUT2D eigenvalue weighted by Crippen LogP contribution is -2.17. The molecular weight excluding hydrogens is 228 g/mol. The van der Waals surface area contributed by atoms with Crippen LogP contribution in [0.5, 0.6) is 0 Å². The average Bonchev–Trinajstić information content (AvgIpc) is 2.82. The first kappa shape index (κ1) is 13.2. The quantitative estimate of drug-likeness (QED) is 0.888. The van der Waals surface area contributed by atoms with Crippen molar-refractivity contribution >= 4 is 5.95 Å². The van der Waals surface area contributed by atoms with Crippen molar-refractivity contribution in [3.8, 4) is 0 Å².